The maximum Gasteiger partial charge on any atom is 0.252 e. The highest BCUT2D eigenvalue weighted by atomic mass is 16.5. The molecule has 0 aromatic heterocycles. The van der Waals surface area contributed by atoms with E-state index in [-0.39, 0.29) is 19.0 Å². The molecule has 1 unspecified atom stereocenters. The van der Waals surface area contributed by atoms with Crippen LogP contribution in [-0.4, -0.2) is 36.5 Å². The summed E-state index contributed by atoms with van der Waals surface area (Å²) in [5.74, 6) is -0.857. The summed E-state index contributed by atoms with van der Waals surface area (Å²) in [5.41, 5.74) is 12.3. The number of nitrogens with zero attached hydrogens (tertiary/aromatic N) is 1. The topological polar surface area (TPSA) is 98.6 Å². The number of benzene rings is 1. The van der Waals surface area contributed by atoms with E-state index in [0.717, 1.165) is 5.56 Å². The average molecular weight is 265 g/mol. The van der Waals surface area contributed by atoms with Crippen molar-refractivity contribution in [3.63, 3.8) is 0 Å². The van der Waals surface area contributed by atoms with Gasteiger partial charge in [0.1, 0.15) is 6.10 Å². The van der Waals surface area contributed by atoms with Gasteiger partial charge in [-0.05, 0) is 24.6 Å². The molecule has 0 aliphatic rings. The van der Waals surface area contributed by atoms with E-state index in [0.29, 0.717) is 5.69 Å². The largest absolute Gasteiger partial charge is 0.399 e. The molecule has 1 atom stereocenters. The Bertz CT molecular complexity index is 462. The summed E-state index contributed by atoms with van der Waals surface area (Å²) < 4.78 is 4.97. The number of amides is 2. The third kappa shape index (κ3) is 4.59. The second-order valence-corrected chi connectivity index (χ2v) is 4.28. The van der Waals surface area contributed by atoms with Gasteiger partial charge in [0.05, 0.1) is 6.54 Å². The molecule has 6 heteroatoms. The number of hydrogen-bond acceptors (Lipinski definition) is 4. The summed E-state index contributed by atoms with van der Waals surface area (Å²) in [6.45, 7) is 1.73. The molecular formula is C13H19N3O3. The number of nitrogens with two attached hydrogens (primary N) is 2. The Balaban J connectivity index is 2.85. The number of methoxy groups -OCH3 is 1. The number of anilines is 1. The van der Waals surface area contributed by atoms with Gasteiger partial charge in [0.2, 0.25) is 5.91 Å². The zero-order chi connectivity index (χ0) is 14.4. The molecule has 2 amide bonds. The van der Waals surface area contributed by atoms with Gasteiger partial charge in [0.25, 0.3) is 5.91 Å². The Morgan fingerprint density at radius 3 is 2.63 bits per heavy atom. The minimum Gasteiger partial charge on any atom is -0.399 e. The number of primary amides is 1. The monoisotopic (exact) mass is 265 g/mol. The van der Waals surface area contributed by atoms with Gasteiger partial charge < -0.3 is 21.1 Å². The van der Waals surface area contributed by atoms with Crippen LogP contribution in [0.4, 0.5) is 5.69 Å². The first-order valence-electron chi connectivity index (χ1n) is 5.88. The molecule has 0 aliphatic carbocycles. The molecule has 4 N–H and O–H groups in total. The van der Waals surface area contributed by atoms with Crippen LogP contribution in [0.25, 0.3) is 0 Å². The van der Waals surface area contributed by atoms with E-state index in [2.05, 4.69) is 0 Å². The van der Waals surface area contributed by atoms with E-state index >= 15 is 0 Å². The van der Waals surface area contributed by atoms with E-state index in [9.17, 15) is 9.59 Å². The Hall–Kier alpha value is -2.08. The standard InChI is InChI=1S/C13H19N3O3/c1-9(19-2)13(18)16(8-12(15)17)7-10-4-3-5-11(14)6-10/h3-6,9H,7-8,14H2,1-2H3,(H2,15,17). The van der Waals surface area contributed by atoms with Crippen molar-refractivity contribution in [1.82, 2.24) is 4.90 Å². The van der Waals surface area contributed by atoms with Gasteiger partial charge >= 0.3 is 0 Å². The van der Waals surface area contributed by atoms with Crippen molar-refractivity contribution < 1.29 is 14.3 Å². The van der Waals surface area contributed by atoms with E-state index < -0.39 is 12.0 Å². The second-order valence-electron chi connectivity index (χ2n) is 4.28. The zero-order valence-corrected chi connectivity index (χ0v) is 11.1. The molecule has 0 fully saturated rings. The summed E-state index contributed by atoms with van der Waals surface area (Å²) in [5, 5.41) is 0. The summed E-state index contributed by atoms with van der Waals surface area (Å²) in [6.07, 6.45) is -0.625. The highest BCUT2D eigenvalue weighted by Crippen LogP contribution is 2.11. The fourth-order valence-electron chi connectivity index (χ4n) is 1.67. The van der Waals surface area contributed by atoms with Crippen LogP contribution >= 0.6 is 0 Å². The lowest BCUT2D eigenvalue weighted by Crippen LogP contribution is -2.43. The normalized spacial score (nSPS) is 11.9. The maximum atomic E-state index is 12.1. The van der Waals surface area contributed by atoms with Crippen LogP contribution in [0.2, 0.25) is 0 Å². The molecule has 0 saturated carbocycles. The molecule has 0 saturated heterocycles. The lowest BCUT2D eigenvalue weighted by atomic mass is 10.2. The molecule has 1 aromatic carbocycles. The molecule has 1 rings (SSSR count). The van der Waals surface area contributed by atoms with Crippen molar-refractivity contribution in [3.05, 3.63) is 29.8 Å². The summed E-state index contributed by atoms with van der Waals surface area (Å²) in [4.78, 5) is 24.5. The molecule has 104 valence electrons. The highest BCUT2D eigenvalue weighted by Gasteiger charge is 2.21. The predicted octanol–water partition coefficient (Wildman–Crippen LogP) is 0.118. The van der Waals surface area contributed by atoms with Crippen molar-refractivity contribution in [2.45, 2.75) is 19.6 Å². The van der Waals surface area contributed by atoms with Gasteiger partial charge in [0.15, 0.2) is 0 Å². The molecule has 19 heavy (non-hydrogen) atoms. The first-order chi connectivity index (χ1) is 8.93. The number of ether oxygens (including phenoxy) is 1. The number of hydrogen-bond donors (Lipinski definition) is 2. The molecular weight excluding hydrogens is 246 g/mol. The van der Waals surface area contributed by atoms with E-state index in [1.165, 1.54) is 12.0 Å². The minimum atomic E-state index is -0.625. The van der Waals surface area contributed by atoms with E-state index in [1.54, 1.807) is 25.1 Å². The molecule has 0 radical (unpaired) electrons. The van der Waals surface area contributed by atoms with Gasteiger partial charge in [-0.15, -0.1) is 0 Å². The molecule has 6 nitrogen and oxygen atoms in total. The SMILES string of the molecule is COC(C)C(=O)N(CC(N)=O)Cc1cccc(N)c1. The van der Waals surface area contributed by atoms with Crippen LogP contribution < -0.4 is 11.5 Å². The number of carbonyl (C=O) groups is 2. The fraction of sp³-hybridized carbons (Fsp3) is 0.385. The van der Waals surface area contributed by atoms with Crippen LogP contribution in [0.5, 0.6) is 0 Å². The third-order valence-corrected chi connectivity index (χ3v) is 2.68. The van der Waals surface area contributed by atoms with E-state index in [1.807, 2.05) is 6.07 Å². The second kappa shape index (κ2) is 6.75. The van der Waals surface area contributed by atoms with E-state index in [4.69, 9.17) is 16.2 Å². The van der Waals surface area contributed by atoms with Crippen molar-refractivity contribution in [2.75, 3.05) is 19.4 Å². The van der Waals surface area contributed by atoms with Gasteiger partial charge in [0, 0.05) is 19.3 Å². The third-order valence-electron chi connectivity index (χ3n) is 2.68. The van der Waals surface area contributed by atoms with Crippen LogP contribution in [0.1, 0.15) is 12.5 Å². The Labute approximate surface area is 112 Å². The number of nitrogen functional groups attached to an aromatic ring is 1. The first-order valence-corrected chi connectivity index (χ1v) is 5.88. The van der Waals surface area contributed by atoms with Gasteiger partial charge in [-0.3, -0.25) is 9.59 Å². The van der Waals surface area contributed by atoms with Crippen LogP contribution in [0.3, 0.4) is 0 Å². The lowest BCUT2D eigenvalue weighted by molar-refractivity contribution is -0.144. The Morgan fingerprint density at radius 2 is 2.11 bits per heavy atom. The Morgan fingerprint density at radius 1 is 1.42 bits per heavy atom. The summed E-state index contributed by atoms with van der Waals surface area (Å²) >= 11 is 0. The quantitative estimate of drug-likeness (QED) is 0.713. The maximum absolute atomic E-state index is 12.1. The highest BCUT2D eigenvalue weighted by molar-refractivity contribution is 5.86. The fourth-order valence-corrected chi connectivity index (χ4v) is 1.67. The van der Waals surface area contributed by atoms with Crippen molar-refractivity contribution in [3.8, 4) is 0 Å². The average Bonchev–Trinajstić information content (AvgIpc) is 2.35. The molecule has 1 aromatic rings. The van der Waals surface area contributed by atoms with Gasteiger partial charge in [-0.2, -0.15) is 0 Å². The van der Waals surface area contributed by atoms with Crippen molar-refractivity contribution >= 4 is 17.5 Å². The van der Waals surface area contributed by atoms with Crippen molar-refractivity contribution in [2.24, 2.45) is 5.73 Å². The van der Waals surface area contributed by atoms with Gasteiger partial charge in [-0.25, -0.2) is 0 Å². The zero-order valence-electron chi connectivity index (χ0n) is 11.1. The summed E-state index contributed by atoms with van der Waals surface area (Å²) in [7, 11) is 1.44. The first kappa shape index (κ1) is 15.0. The number of carbonyl (C=O) groups excluding carboxylic acids is 2. The van der Waals surface area contributed by atoms with Crippen LogP contribution in [0.15, 0.2) is 24.3 Å². The molecule has 0 spiro atoms. The molecule has 0 aliphatic heterocycles. The molecule has 0 heterocycles. The number of rotatable bonds is 6. The lowest BCUT2D eigenvalue weighted by Gasteiger charge is -2.24. The molecule has 0 bridgehead atoms. The predicted molar refractivity (Wildman–Crippen MR) is 71.9 cm³/mol. The van der Waals surface area contributed by atoms with Gasteiger partial charge in [-0.1, -0.05) is 12.1 Å². The smallest absolute Gasteiger partial charge is 0.252 e. The minimum absolute atomic E-state index is 0.151. The Kier molecular flexibility index (Phi) is 5.32. The van der Waals surface area contributed by atoms with Crippen LogP contribution in [-0.2, 0) is 20.9 Å². The van der Waals surface area contributed by atoms with Crippen molar-refractivity contribution in [1.29, 1.82) is 0 Å². The summed E-state index contributed by atoms with van der Waals surface area (Å²) in [6, 6.07) is 7.12. The van der Waals surface area contributed by atoms with Crippen LogP contribution in [0, 0.1) is 0 Å².